The van der Waals surface area contributed by atoms with Crippen LogP contribution in [0.4, 0.5) is 0 Å². The van der Waals surface area contributed by atoms with Crippen LogP contribution in [-0.4, -0.2) is 19.7 Å². The lowest BCUT2D eigenvalue weighted by molar-refractivity contribution is 0.0912. The van der Waals surface area contributed by atoms with Gasteiger partial charge in [-0.3, -0.25) is 0 Å². The van der Waals surface area contributed by atoms with Gasteiger partial charge in [-0.2, -0.15) is 0 Å². The minimum absolute atomic E-state index is 0.577. The first-order valence-electron chi connectivity index (χ1n) is 6.32. The van der Waals surface area contributed by atoms with Gasteiger partial charge in [-0.1, -0.05) is 19.1 Å². The summed E-state index contributed by atoms with van der Waals surface area (Å²) in [6.45, 7) is 6.14. The van der Waals surface area contributed by atoms with Crippen molar-refractivity contribution in [3.05, 3.63) is 34.4 Å². The molecule has 1 unspecified atom stereocenters. The summed E-state index contributed by atoms with van der Waals surface area (Å²) in [6, 6.07) is 4.57. The number of aryl methyl sites for hydroxylation is 1. The van der Waals surface area contributed by atoms with Crippen LogP contribution in [-0.2, 0) is 24.2 Å². The molecule has 0 spiro atoms. The van der Waals surface area contributed by atoms with E-state index in [4.69, 9.17) is 4.74 Å². The summed E-state index contributed by atoms with van der Waals surface area (Å²) in [5.74, 6) is 0.577. The zero-order valence-electron chi connectivity index (χ0n) is 9.88. The molecule has 86 valence electrons. The lowest BCUT2D eigenvalue weighted by atomic mass is 9.85. The molecule has 1 N–H and O–H groups in total. The number of rotatable bonds is 1. The summed E-state index contributed by atoms with van der Waals surface area (Å²) in [4.78, 5) is 0. The SMILES string of the molecule is CCc1ccc2c3c1CCNCC3COC2. The molecule has 2 aliphatic rings. The Labute approximate surface area is 97.0 Å². The third-order valence-corrected chi connectivity index (χ3v) is 3.85. The lowest BCUT2D eigenvalue weighted by Gasteiger charge is -2.27. The average Bonchev–Trinajstić information content (AvgIpc) is 2.55. The van der Waals surface area contributed by atoms with Gasteiger partial charge in [-0.25, -0.2) is 0 Å². The van der Waals surface area contributed by atoms with E-state index in [1.54, 1.807) is 11.1 Å². The highest BCUT2D eigenvalue weighted by atomic mass is 16.5. The maximum absolute atomic E-state index is 5.68. The van der Waals surface area contributed by atoms with E-state index in [1.165, 1.54) is 17.5 Å². The van der Waals surface area contributed by atoms with Crippen LogP contribution in [0.15, 0.2) is 12.1 Å². The zero-order chi connectivity index (χ0) is 11.0. The predicted molar refractivity (Wildman–Crippen MR) is 64.8 cm³/mol. The second-order valence-electron chi connectivity index (χ2n) is 4.80. The highest BCUT2D eigenvalue weighted by molar-refractivity contribution is 5.45. The predicted octanol–water partition coefficient (Wildman–Crippen LogP) is 2.01. The summed E-state index contributed by atoms with van der Waals surface area (Å²) in [7, 11) is 0. The second-order valence-corrected chi connectivity index (χ2v) is 4.80. The van der Waals surface area contributed by atoms with Crippen LogP contribution in [0.3, 0.4) is 0 Å². The van der Waals surface area contributed by atoms with E-state index < -0.39 is 0 Å². The molecule has 2 heteroatoms. The summed E-state index contributed by atoms with van der Waals surface area (Å²) in [6.07, 6.45) is 2.33. The molecule has 0 fully saturated rings. The van der Waals surface area contributed by atoms with E-state index in [0.717, 1.165) is 32.7 Å². The Morgan fingerprint density at radius 1 is 1.44 bits per heavy atom. The normalized spacial score (nSPS) is 23.7. The zero-order valence-corrected chi connectivity index (χ0v) is 9.88. The fourth-order valence-electron chi connectivity index (χ4n) is 3.06. The van der Waals surface area contributed by atoms with Gasteiger partial charge in [0.05, 0.1) is 13.2 Å². The van der Waals surface area contributed by atoms with Crippen LogP contribution >= 0.6 is 0 Å². The molecular weight excluding hydrogens is 198 g/mol. The van der Waals surface area contributed by atoms with Crippen molar-refractivity contribution in [1.29, 1.82) is 0 Å². The van der Waals surface area contributed by atoms with E-state index in [1.807, 2.05) is 0 Å². The molecule has 0 aliphatic carbocycles. The van der Waals surface area contributed by atoms with Gasteiger partial charge in [0.1, 0.15) is 0 Å². The molecule has 0 radical (unpaired) electrons. The fourth-order valence-corrected chi connectivity index (χ4v) is 3.06. The third-order valence-electron chi connectivity index (χ3n) is 3.85. The molecule has 0 aromatic heterocycles. The van der Waals surface area contributed by atoms with Crippen molar-refractivity contribution in [2.24, 2.45) is 0 Å². The number of ether oxygens (including phenoxy) is 1. The first-order valence-corrected chi connectivity index (χ1v) is 6.32. The summed E-state index contributed by atoms with van der Waals surface area (Å²) >= 11 is 0. The lowest BCUT2D eigenvalue weighted by Crippen LogP contribution is -2.26. The monoisotopic (exact) mass is 217 g/mol. The van der Waals surface area contributed by atoms with Crippen molar-refractivity contribution in [3.8, 4) is 0 Å². The molecule has 1 aromatic rings. The largest absolute Gasteiger partial charge is 0.376 e. The van der Waals surface area contributed by atoms with Gasteiger partial charge in [0.2, 0.25) is 0 Å². The number of hydrogen-bond donors (Lipinski definition) is 1. The molecule has 2 heterocycles. The summed E-state index contributed by atoms with van der Waals surface area (Å²) in [5, 5.41) is 3.53. The molecule has 3 rings (SSSR count). The van der Waals surface area contributed by atoms with Crippen LogP contribution in [0.5, 0.6) is 0 Å². The van der Waals surface area contributed by atoms with E-state index in [2.05, 4.69) is 24.4 Å². The van der Waals surface area contributed by atoms with Crippen LogP contribution in [0.1, 0.15) is 35.1 Å². The quantitative estimate of drug-likeness (QED) is 0.777. The van der Waals surface area contributed by atoms with Crippen molar-refractivity contribution in [3.63, 3.8) is 0 Å². The minimum atomic E-state index is 0.577. The topological polar surface area (TPSA) is 21.3 Å². The van der Waals surface area contributed by atoms with Crippen LogP contribution in [0.25, 0.3) is 0 Å². The van der Waals surface area contributed by atoms with Crippen molar-refractivity contribution < 1.29 is 4.74 Å². The Kier molecular flexibility index (Phi) is 2.70. The highest BCUT2D eigenvalue weighted by Gasteiger charge is 2.26. The molecule has 2 aliphatic heterocycles. The maximum Gasteiger partial charge on any atom is 0.0720 e. The Bertz CT molecular complexity index is 400. The molecule has 0 bridgehead atoms. The fraction of sp³-hybridized carbons (Fsp3) is 0.571. The second kappa shape index (κ2) is 4.19. The number of benzene rings is 1. The molecular formula is C14H19NO. The van der Waals surface area contributed by atoms with Gasteiger partial charge < -0.3 is 10.1 Å². The molecule has 0 saturated carbocycles. The van der Waals surface area contributed by atoms with Gasteiger partial charge in [-0.05, 0) is 41.6 Å². The van der Waals surface area contributed by atoms with Crippen LogP contribution in [0.2, 0.25) is 0 Å². The van der Waals surface area contributed by atoms with Gasteiger partial charge in [0.25, 0.3) is 0 Å². The smallest absolute Gasteiger partial charge is 0.0720 e. The maximum atomic E-state index is 5.68. The Hall–Kier alpha value is -0.860. The van der Waals surface area contributed by atoms with Crippen LogP contribution < -0.4 is 5.32 Å². The van der Waals surface area contributed by atoms with E-state index >= 15 is 0 Å². The van der Waals surface area contributed by atoms with Crippen molar-refractivity contribution in [2.75, 3.05) is 19.7 Å². The molecule has 2 nitrogen and oxygen atoms in total. The average molecular weight is 217 g/mol. The van der Waals surface area contributed by atoms with Crippen molar-refractivity contribution in [1.82, 2.24) is 5.32 Å². The van der Waals surface area contributed by atoms with Crippen LogP contribution in [0, 0.1) is 0 Å². The third kappa shape index (κ3) is 1.57. The Morgan fingerprint density at radius 2 is 2.38 bits per heavy atom. The van der Waals surface area contributed by atoms with E-state index in [-0.39, 0.29) is 0 Å². The van der Waals surface area contributed by atoms with Crippen molar-refractivity contribution >= 4 is 0 Å². The molecule has 0 saturated heterocycles. The number of nitrogens with one attached hydrogen (secondary N) is 1. The highest BCUT2D eigenvalue weighted by Crippen LogP contribution is 2.33. The van der Waals surface area contributed by atoms with Gasteiger partial charge in [-0.15, -0.1) is 0 Å². The Balaban J connectivity index is 2.16. The summed E-state index contributed by atoms with van der Waals surface area (Å²) < 4.78 is 5.68. The molecule has 1 atom stereocenters. The van der Waals surface area contributed by atoms with Gasteiger partial charge >= 0.3 is 0 Å². The first kappa shape index (κ1) is 10.3. The Morgan fingerprint density at radius 3 is 3.25 bits per heavy atom. The van der Waals surface area contributed by atoms with Crippen molar-refractivity contribution in [2.45, 2.75) is 32.3 Å². The van der Waals surface area contributed by atoms with E-state index in [0.29, 0.717) is 5.92 Å². The van der Waals surface area contributed by atoms with Gasteiger partial charge in [0.15, 0.2) is 0 Å². The van der Waals surface area contributed by atoms with E-state index in [9.17, 15) is 0 Å². The number of hydrogen-bond acceptors (Lipinski definition) is 2. The minimum Gasteiger partial charge on any atom is -0.376 e. The molecule has 16 heavy (non-hydrogen) atoms. The summed E-state index contributed by atoms with van der Waals surface area (Å²) in [5.41, 5.74) is 6.18. The van der Waals surface area contributed by atoms with Gasteiger partial charge in [0, 0.05) is 12.5 Å². The first-order chi connectivity index (χ1) is 7.90. The standard InChI is InChI=1S/C14H19NO/c1-2-10-3-4-11-8-16-9-12-7-15-6-5-13(10)14(11)12/h3-4,12,15H,2,5-9H2,1H3. The molecule has 1 aromatic carbocycles. The molecule has 0 amide bonds.